The van der Waals surface area contributed by atoms with Crippen LogP contribution in [0, 0.1) is 6.92 Å². The first kappa shape index (κ1) is 18.3. The third kappa shape index (κ3) is 4.99. The highest BCUT2D eigenvalue weighted by molar-refractivity contribution is 5.77. The number of hydrogen-bond donors (Lipinski definition) is 0. The second kappa shape index (κ2) is 8.72. The highest BCUT2D eigenvalue weighted by atomic mass is 16.5. The molecular weight excluding hydrogens is 328 g/mol. The fourth-order valence-corrected chi connectivity index (χ4v) is 3.09. The zero-order valence-corrected chi connectivity index (χ0v) is 15.5. The van der Waals surface area contributed by atoms with Gasteiger partial charge in [0.1, 0.15) is 11.5 Å². The second-order valence-corrected chi connectivity index (χ2v) is 6.61. The molecule has 0 aliphatic carbocycles. The molecule has 5 nitrogen and oxygen atoms in total. The van der Waals surface area contributed by atoms with Gasteiger partial charge in [0, 0.05) is 32.7 Å². The summed E-state index contributed by atoms with van der Waals surface area (Å²) in [6, 6.07) is 15.9. The maximum absolute atomic E-state index is 12.4. The first-order chi connectivity index (χ1) is 12.6. The van der Waals surface area contributed by atoms with Gasteiger partial charge in [-0.1, -0.05) is 24.3 Å². The molecule has 0 atom stereocenters. The largest absolute Gasteiger partial charge is 0.497 e. The van der Waals surface area contributed by atoms with Crippen molar-refractivity contribution >= 4 is 5.91 Å². The fraction of sp³-hybridized carbons (Fsp3) is 0.381. The summed E-state index contributed by atoms with van der Waals surface area (Å²) in [7, 11) is 1.67. The lowest BCUT2D eigenvalue weighted by Crippen LogP contribution is -2.49. The zero-order valence-electron chi connectivity index (χ0n) is 15.5. The first-order valence-electron chi connectivity index (χ1n) is 8.96. The number of nitrogens with zero attached hydrogens (tertiary/aromatic N) is 2. The molecule has 0 saturated carbocycles. The van der Waals surface area contributed by atoms with Crippen LogP contribution in [-0.4, -0.2) is 55.6 Å². The minimum atomic E-state index is 0.0515. The molecule has 2 aromatic carbocycles. The molecule has 0 radical (unpaired) electrons. The Hall–Kier alpha value is -2.53. The highest BCUT2D eigenvalue weighted by Gasteiger charge is 2.21. The molecule has 138 valence electrons. The van der Waals surface area contributed by atoms with Crippen LogP contribution >= 0.6 is 0 Å². The molecular formula is C21H26N2O3. The first-order valence-corrected chi connectivity index (χ1v) is 8.96. The van der Waals surface area contributed by atoms with Crippen LogP contribution in [0.3, 0.4) is 0 Å². The van der Waals surface area contributed by atoms with E-state index in [0.29, 0.717) is 0 Å². The average Bonchev–Trinajstić information content (AvgIpc) is 2.67. The van der Waals surface area contributed by atoms with E-state index in [0.717, 1.165) is 49.8 Å². The van der Waals surface area contributed by atoms with Crippen LogP contribution < -0.4 is 9.47 Å². The van der Waals surface area contributed by atoms with Crippen LogP contribution in [0.5, 0.6) is 11.5 Å². The van der Waals surface area contributed by atoms with Crippen molar-refractivity contribution in [2.24, 2.45) is 0 Å². The number of amides is 1. The monoisotopic (exact) mass is 354 g/mol. The van der Waals surface area contributed by atoms with Crippen molar-refractivity contribution in [3.8, 4) is 11.5 Å². The topological polar surface area (TPSA) is 42.0 Å². The molecule has 5 heteroatoms. The number of carbonyl (C=O) groups is 1. The Morgan fingerprint density at radius 2 is 1.73 bits per heavy atom. The lowest BCUT2D eigenvalue weighted by molar-refractivity contribution is -0.135. The number of piperazine rings is 1. The second-order valence-electron chi connectivity index (χ2n) is 6.61. The number of hydrogen-bond acceptors (Lipinski definition) is 4. The fourth-order valence-electron chi connectivity index (χ4n) is 3.09. The maximum atomic E-state index is 12.4. The molecule has 1 aliphatic rings. The summed E-state index contributed by atoms with van der Waals surface area (Å²) in [6.45, 7) is 6.24. The van der Waals surface area contributed by atoms with Crippen LogP contribution in [0.4, 0.5) is 0 Å². The molecule has 0 N–H and O–H groups in total. The van der Waals surface area contributed by atoms with Gasteiger partial charge in [-0.3, -0.25) is 9.69 Å². The normalized spacial score (nSPS) is 14.9. The van der Waals surface area contributed by atoms with Gasteiger partial charge in [0.25, 0.3) is 5.91 Å². The van der Waals surface area contributed by atoms with E-state index in [9.17, 15) is 4.79 Å². The molecule has 0 spiro atoms. The highest BCUT2D eigenvalue weighted by Crippen LogP contribution is 2.15. The SMILES string of the molecule is COc1ccc(CN2CCN(C(=O)COc3cccc(C)c3)CC2)cc1. The van der Waals surface area contributed by atoms with Crippen LogP contribution in [0.1, 0.15) is 11.1 Å². The van der Waals surface area contributed by atoms with Crippen LogP contribution in [0.15, 0.2) is 48.5 Å². The zero-order chi connectivity index (χ0) is 18.4. The molecule has 3 rings (SSSR count). The standard InChI is InChI=1S/C21H26N2O3/c1-17-4-3-5-20(14-17)26-16-21(24)23-12-10-22(11-13-23)15-18-6-8-19(25-2)9-7-18/h3-9,14H,10-13,15-16H2,1-2H3. The van der Waals surface area contributed by atoms with E-state index in [2.05, 4.69) is 17.0 Å². The van der Waals surface area contributed by atoms with Crippen molar-refractivity contribution in [3.05, 3.63) is 59.7 Å². The van der Waals surface area contributed by atoms with Crippen molar-refractivity contribution in [2.75, 3.05) is 39.9 Å². The Kier molecular flexibility index (Phi) is 6.12. The predicted molar refractivity (Wildman–Crippen MR) is 102 cm³/mol. The lowest BCUT2D eigenvalue weighted by atomic mass is 10.2. The van der Waals surface area contributed by atoms with Crippen molar-refractivity contribution in [1.82, 2.24) is 9.80 Å². The van der Waals surface area contributed by atoms with Gasteiger partial charge in [0.15, 0.2) is 6.61 Å². The summed E-state index contributed by atoms with van der Waals surface area (Å²) >= 11 is 0. The molecule has 1 aliphatic heterocycles. The number of aryl methyl sites for hydroxylation is 1. The molecule has 1 heterocycles. The quantitative estimate of drug-likeness (QED) is 0.800. The van der Waals surface area contributed by atoms with Gasteiger partial charge in [0.05, 0.1) is 7.11 Å². The summed E-state index contributed by atoms with van der Waals surface area (Å²) in [4.78, 5) is 16.6. The molecule has 0 bridgehead atoms. The van der Waals surface area contributed by atoms with E-state index in [4.69, 9.17) is 9.47 Å². The average molecular weight is 354 g/mol. The lowest BCUT2D eigenvalue weighted by Gasteiger charge is -2.34. The van der Waals surface area contributed by atoms with E-state index in [1.165, 1.54) is 5.56 Å². The Morgan fingerprint density at radius 3 is 2.38 bits per heavy atom. The van der Waals surface area contributed by atoms with Gasteiger partial charge in [0.2, 0.25) is 0 Å². The molecule has 2 aromatic rings. The molecule has 0 unspecified atom stereocenters. The Balaban J connectivity index is 1.43. The summed E-state index contributed by atoms with van der Waals surface area (Å²) in [6.07, 6.45) is 0. The molecule has 26 heavy (non-hydrogen) atoms. The van der Waals surface area contributed by atoms with E-state index in [-0.39, 0.29) is 12.5 Å². The number of benzene rings is 2. The van der Waals surface area contributed by atoms with E-state index in [1.807, 2.05) is 48.2 Å². The Morgan fingerprint density at radius 1 is 1.00 bits per heavy atom. The van der Waals surface area contributed by atoms with Gasteiger partial charge in [-0.15, -0.1) is 0 Å². The van der Waals surface area contributed by atoms with E-state index < -0.39 is 0 Å². The van der Waals surface area contributed by atoms with Crippen molar-refractivity contribution in [3.63, 3.8) is 0 Å². The Bertz CT molecular complexity index is 722. The molecule has 0 aromatic heterocycles. The molecule has 1 fully saturated rings. The maximum Gasteiger partial charge on any atom is 0.260 e. The van der Waals surface area contributed by atoms with Crippen molar-refractivity contribution < 1.29 is 14.3 Å². The van der Waals surface area contributed by atoms with Gasteiger partial charge in [-0.05, 0) is 42.3 Å². The van der Waals surface area contributed by atoms with Crippen LogP contribution in [0.25, 0.3) is 0 Å². The third-order valence-electron chi connectivity index (χ3n) is 4.64. The summed E-state index contributed by atoms with van der Waals surface area (Å²) < 4.78 is 10.8. The van der Waals surface area contributed by atoms with E-state index in [1.54, 1.807) is 7.11 Å². The summed E-state index contributed by atoms with van der Waals surface area (Å²) in [5, 5.41) is 0. The molecule has 1 amide bonds. The summed E-state index contributed by atoms with van der Waals surface area (Å²) in [5.74, 6) is 1.67. The van der Waals surface area contributed by atoms with Crippen LogP contribution in [0.2, 0.25) is 0 Å². The predicted octanol–water partition coefficient (Wildman–Crippen LogP) is 2.73. The van der Waals surface area contributed by atoms with Gasteiger partial charge >= 0.3 is 0 Å². The van der Waals surface area contributed by atoms with Crippen molar-refractivity contribution in [2.45, 2.75) is 13.5 Å². The Labute approximate surface area is 155 Å². The van der Waals surface area contributed by atoms with Crippen molar-refractivity contribution in [1.29, 1.82) is 0 Å². The minimum absolute atomic E-state index is 0.0515. The van der Waals surface area contributed by atoms with Gasteiger partial charge in [-0.25, -0.2) is 0 Å². The molecule has 1 saturated heterocycles. The van der Waals surface area contributed by atoms with Crippen LogP contribution in [-0.2, 0) is 11.3 Å². The van der Waals surface area contributed by atoms with Gasteiger partial charge < -0.3 is 14.4 Å². The number of rotatable bonds is 6. The number of ether oxygens (including phenoxy) is 2. The number of methoxy groups -OCH3 is 1. The smallest absolute Gasteiger partial charge is 0.260 e. The van der Waals surface area contributed by atoms with Gasteiger partial charge in [-0.2, -0.15) is 0 Å². The van der Waals surface area contributed by atoms with E-state index >= 15 is 0 Å². The number of carbonyl (C=O) groups excluding carboxylic acids is 1. The third-order valence-corrected chi connectivity index (χ3v) is 4.64. The minimum Gasteiger partial charge on any atom is -0.497 e. The summed E-state index contributed by atoms with van der Waals surface area (Å²) in [5.41, 5.74) is 2.38.